The molecule has 0 aliphatic carbocycles. The zero-order chi connectivity index (χ0) is 18.4. The summed E-state index contributed by atoms with van der Waals surface area (Å²) in [4.78, 5) is 18.6. The maximum absolute atomic E-state index is 14.0. The number of hydrogen-bond donors (Lipinski definition) is 1. The van der Waals surface area contributed by atoms with Crippen LogP contribution in [0.1, 0.15) is 22.6 Å². The second kappa shape index (κ2) is 6.38. The summed E-state index contributed by atoms with van der Waals surface area (Å²) < 4.78 is 65.9. The summed E-state index contributed by atoms with van der Waals surface area (Å²) in [5.74, 6) is -3.03. The van der Waals surface area contributed by atoms with Crippen LogP contribution in [0.25, 0.3) is 0 Å². The number of alkyl halides is 3. The molecule has 4 nitrogen and oxygen atoms in total. The normalized spacial score (nSPS) is 15.3. The van der Waals surface area contributed by atoms with Gasteiger partial charge < -0.3 is 4.98 Å². The lowest BCUT2D eigenvalue weighted by Crippen LogP contribution is -2.37. The van der Waals surface area contributed by atoms with Crippen molar-refractivity contribution in [3.63, 3.8) is 0 Å². The van der Waals surface area contributed by atoms with E-state index in [9.17, 15) is 26.7 Å². The van der Waals surface area contributed by atoms with Gasteiger partial charge in [-0.2, -0.15) is 13.2 Å². The number of halogens is 6. The molecular weight excluding hydrogens is 369 g/mol. The third kappa shape index (κ3) is 3.52. The monoisotopic (exact) mass is 379 g/mol. The Hall–Kier alpha value is -2.00. The van der Waals surface area contributed by atoms with E-state index < -0.39 is 29.2 Å². The maximum atomic E-state index is 14.0. The van der Waals surface area contributed by atoms with E-state index in [1.54, 1.807) is 9.88 Å². The molecule has 0 saturated carbocycles. The van der Waals surface area contributed by atoms with E-state index in [-0.39, 0.29) is 47.9 Å². The van der Waals surface area contributed by atoms with Crippen molar-refractivity contribution < 1.29 is 22.0 Å². The van der Waals surface area contributed by atoms with Crippen molar-refractivity contribution in [1.29, 1.82) is 0 Å². The first-order valence-electron chi connectivity index (χ1n) is 7.21. The Morgan fingerprint density at radius 3 is 2.68 bits per heavy atom. The maximum Gasteiger partial charge on any atom is 0.449 e. The molecule has 1 N–H and O–H groups in total. The Labute approximate surface area is 143 Å². The van der Waals surface area contributed by atoms with E-state index in [4.69, 9.17) is 11.6 Å². The van der Waals surface area contributed by atoms with E-state index in [1.165, 1.54) is 0 Å². The van der Waals surface area contributed by atoms with Crippen molar-refractivity contribution in [3.8, 4) is 0 Å². The summed E-state index contributed by atoms with van der Waals surface area (Å²) in [5.41, 5.74) is -1.07. The molecule has 1 aromatic heterocycles. The molecule has 1 aliphatic heterocycles. The summed E-state index contributed by atoms with van der Waals surface area (Å²) in [6, 6.07) is 2.12. The predicted molar refractivity (Wildman–Crippen MR) is 79.0 cm³/mol. The zero-order valence-corrected chi connectivity index (χ0v) is 13.3. The predicted octanol–water partition coefficient (Wildman–Crippen LogP) is 3.28. The number of hydrogen-bond acceptors (Lipinski definition) is 3. The van der Waals surface area contributed by atoms with E-state index in [2.05, 4.69) is 4.98 Å². The number of aromatic amines is 1. The van der Waals surface area contributed by atoms with Gasteiger partial charge in [-0.3, -0.25) is 9.69 Å². The topological polar surface area (TPSA) is 49.0 Å². The molecule has 0 unspecified atom stereocenters. The van der Waals surface area contributed by atoms with Crippen LogP contribution in [0, 0.1) is 11.6 Å². The summed E-state index contributed by atoms with van der Waals surface area (Å²) in [5, 5.41) is -0.233. The Morgan fingerprint density at radius 1 is 1.28 bits per heavy atom. The molecule has 0 spiro atoms. The molecule has 1 aliphatic rings. The third-order valence-corrected chi connectivity index (χ3v) is 4.23. The first kappa shape index (κ1) is 17.8. The van der Waals surface area contributed by atoms with E-state index in [1.807, 2.05) is 0 Å². The van der Waals surface area contributed by atoms with Gasteiger partial charge in [0.2, 0.25) is 5.82 Å². The molecule has 3 rings (SSSR count). The highest BCUT2D eigenvalue weighted by Crippen LogP contribution is 2.27. The van der Waals surface area contributed by atoms with Crippen LogP contribution in [0.15, 0.2) is 16.9 Å². The van der Waals surface area contributed by atoms with Gasteiger partial charge in [0, 0.05) is 31.6 Å². The SMILES string of the molecule is O=c1[nH]c(C(F)(F)F)nc2c1CN(Cc1c(F)ccc(Cl)c1F)CC2. The zero-order valence-electron chi connectivity index (χ0n) is 12.6. The van der Waals surface area contributed by atoms with Gasteiger partial charge in [0.05, 0.1) is 16.3 Å². The number of H-pyrrole nitrogens is 1. The smallest absolute Gasteiger partial charge is 0.303 e. The van der Waals surface area contributed by atoms with Crippen molar-refractivity contribution in [2.45, 2.75) is 25.7 Å². The number of nitrogens with one attached hydrogen (secondary N) is 1. The van der Waals surface area contributed by atoms with Gasteiger partial charge in [0.15, 0.2) is 0 Å². The van der Waals surface area contributed by atoms with Crippen LogP contribution in [0.3, 0.4) is 0 Å². The van der Waals surface area contributed by atoms with Crippen molar-refractivity contribution in [2.24, 2.45) is 0 Å². The first-order chi connectivity index (χ1) is 11.7. The van der Waals surface area contributed by atoms with Gasteiger partial charge in [-0.1, -0.05) is 11.6 Å². The van der Waals surface area contributed by atoms with Crippen LogP contribution in [-0.2, 0) is 25.7 Å². The fraction of sp³-hybridized carbons (Fsp3) is 0.333. The molecule has 0 radical (unpaired) electrons. The number of nitrogens with zero attached hydrogens (tertiary/aromatic N) is 2. The number of benzene rings is 1. The minimum absolute atomic E-state index is 0.0411. The standard InChI is InChI=1S/C15H11ClF5N3O/c16-9-1-2-10(17)7(12(9)18)5-24-4-3-11-8(6-24)13(25)23-14(22-11)15(19,20)21/h1-2H,3-6H2,(H,22,23,25). The summed E-state index contributed by atoms with van der Waals surface area (Å²) in [6.45, 7) is -0.0362. The average molecular weight is 380 g/mol. The number of fused-ring (bicyclic) bond motifs is 1. The first-order valence-corrected chi connectivity index (χ1v) is 7.58. The van der Waals surface area contributed by atoms with Gasteiger partial charge in [-0.05, 0) is 12.1 Å². The Bertz CT molecular complexity index is 881. The molecule has 0 bridgehead atoms. The Morgan fingerprint density at radius 2 is 2.00 bits per heavy atom. The molecule has 10 heteroatoms. The molecule has 0 atom stereocenters. The van der Waals surface area contributed by atoms with Crippen LogP contribution in [0.5, 0.6) is 0 Å². The van der Waals surface area contributed by atoms with Crippen molar-refractivity contribution >= 4 is 11.6 Å². The van der Waals surface area contributed by atoms with Gasteiger partial charge in [-0.15, -0.1) is 0 Å². The minimum atomic E-state index is -4.75. The lowest BCUT2D eigenvalue weighted by Gasteiger charge is -2.28. The third-order valence-electron chi connectivity index (χ3n) is 3.94. The van der Waals surface area contributed by atoms with Gasteiger partial charge in [0.25, 0.3) is 5.56 Å². The van der Waals surface area contributed by atoms with E-state index in [0.29, 0.717) is 0 Å². The quantitative estimate of drug-likeness (QED) is 0.643. The fourth-order valence-electron chi connectivity index (χ4n) is 2.69. The van der Waals surface area contributed by atoms with Gasteiger partial charge in [0.1, 0.15) is 11.6 Å². The largest absolute Gasteiger partial charge is 0.449 e. The van der Waals surface area contributed by atoms with Crippen molar-refractivity contribution in [1.82, 2.24) is 14.9 Å². The average Bonchev–Trinajstić information content (AvgIpc) is 2.54. The number of rotatable bonds is 2. The molecule has 2 heterocycles. The van der Waals surface area contributed by atoms with Crippen LogP contribution < -0.4 is 5.56 Å². The molecule has 25 heavy (non-hydrogen) atoms. The summed E-state index contributed by atoms with van der Waals surface area (Å²) >= 11 is 5.64. The van der Waals surface area contributed by atoms with Crippen LogP contribution in [0.2, 0.25) is 5.02 Å². The molecular formula is C15H11ClF5N3O. The van der Waals surface area contributed by atoms with Crippen molar-refractivity contribution in [2.75, 3.05) is 6.54 Å². The summed E-state index contributed by atoms with van der Waals surface area (Å²) in [7, 11) is 0. The van der Waals surface area contributed by atoms with Gasteiger partial charge >= 0.3 is 6.18 Å². The highest BCUT2D eigenvalue weighted by atomic mass is 35.5. The molecule has 134 valence electrons. The second-order valence-corrected chi connectivity index (χ2v) is 6.03. The molecule has 0 amide bonds. The summed E-state index contributed by atoms with van der Waals surface area (Å²) in [6.07, 6.45) is -4.69. The molecule has 0 saturated heterocycles. The van der Waals surface area contributed by atoms with E-state index >= 15 is 0 Å². The molecule has 1 aromatic carbocycles. The molecule has 2 aromatic rings. The highest BCUT2D eigenvalue weighted by Gasteiger charge is 2.36. The van der Waals surface area contributed by atoms with Crippen molar-refractivity contribution in [3.05, 3.63) is 61.8 Å². The molecule has 0 fully saturated rings. The second-order valence-electron chi connectivity index (χ2n) is 5.62. The van der Waals surface area contributed by atoms with Crippen LogP contribution in [-0.4, -0.2) is 21.4 Å². The fourth-order valence-corrected chi connectivity index (χ4v) is 2.86. The lowest BCUT2D eigenvalue weighted by atomic mass is 10.1. The van der Waals surface area contributed by atoms with Crippen LogP contribution >= 0.6 is 11.6 Å². The highest BCUT2D eigenvalue weighted by molar-refractivity contribution is 6.30. The van der Waals surface area contributed by atoms with Gasteiger partial charge in [-0.25, -0.2) is 13.8 Å². The minimum Gasteiger partial charge on any atom is -0.303 e. The Kier molecular flexibility index (Phi) is 4.54. The Balaban J connectivity index is 1.88. The van der Waals surface area contributed by atoms with Crippen LogP contribution in [0.4, 0.5) is 22.0 Å². The number of aromatic nitrogens is 2. The lowest BCUT2D eigenvalue weighted by molar-refractivity contribution is -0.145. The van der Waals surface area contributed by atoms with E-state index in [0.717, 1.165) is 12.1 Å².